The van der Waals surface area contributed by atoms with Gasteiger partial charge in [0.15, 0.2) is 0 Å². The van der Waals surface area contributed by atoms with E-state index in [1.165, 1.54) is 38.5 Å². The number of anilines is 1. The zero-order valence-electron chi connectivity index (χ0n) is 13.2. The number of nitro benzene ring substituents is 1. The van der Waals surface area contributed by atoms with Crippen LogP contribution in [0.25, 0.3) is 6.08 Å². The summed E-state index contributed by atoms with van der Waals surface area (Å²) in [6.45, 7) is 0. The summed E-state index contributed by atoms with van der Waals surface area (Å²) in [6, 6.07) is 11.0. The molecule has 0 aliphatic heterocycles. The van der Waals surface area contributed by atoms with Crippen LogP contribution in [-0.2, 0) is 4.79 Å². The first-order valence-electron chi connectivity index (χ1n) is 6.99. The summed E-state index contributed by atoms with van der Waals surface area (Å²) in [6.07, 6.45) is 2.86. The normalized spacial score (nSPS) is 10.4. The van der Waals surface area contributed by atoms with Gasteiger partial charge in [-0.1, -0.05) is 12.1 Å². The van der Waals surface area contributed by atoms with Crippen LogP contribution in [0.15, 0.2) is 48.5 Å². The summed E-state index contributed by atoms with van der Waals surface area (Å²) < 4.78 is 10.5. The van der Waals surface area contributed by atoms with Gasteiger partial charge in [0, 0.05) is 23.9 Å². The molecule has 24 heavy (non-hydrogen) atoms. The Balaban J connectivity index is 2.17. The molecule has 2 aromatic carbocycles. The molecule has 1 amide bonds. The van der Waals surface area contributed by atoms with E-state index in [0.29, 0.717) is 22.7 Å². The Hall–Kier alpha value is -3.35. The van der Waals surface area contributed by atoms with Gasteiger partial charge in [-0.3, -0.25) is 14.9 Å². The Morgan fingerprint density at radius 1 is 1.12 bits per heavy atom. The van der Waals surface area contributed by atoms with Crippen LogP contribution in [0.5, 0.6) is 11.5 Å². The molecule has 0 fully saturated rings. The summed E-state index contributed by atoms with van der Waals surface area (Å²) in [5.41, 5.74) is 0.866. The largest absolute Gasteiger partial charge is 0.496 e. The van der Waals surface area contributed by atoms with Gasteiger partial charge >= 0.3 is 0 Å². The van der Waals surface area contributed by atoms with E-state index in [2.05, 4.69) is 5.32 Å². The molecule has 0 aromatic heterocycles. The van der Waals surface area contributed by atoms with Crippen LogP contribution in [-0.4, -0.2) is 25.1 Å². The van der Waals surface area contributed by atoms with Crippen molar-refractivity contribution in [1.82, 2.24) is 0 Å². The molecule has 0 saturated carbocycles. The van der Waals surface area contributed by atoms with Gasteiger partial charge in [-0.25, -0.2) is 0 Å². The van der Waals surface area contributed by atoms with Crippen molar-refractivity contribution in [3.8, 4) is 11.5 Å². The second-order valence-corrected chi connectivity index (χ2v) is 4.71. The first kappa shape index (κ1) is 17.0. The number of hydrogen-bond donors (Lipinski definition) is 1. The average molecular weight is 328 g/mol. The number of carbonyl (C=O) groups excluding carboxylic acids is 1. The molecule has 0 atom stereocenters. The average Bonchev–Trinajstić information content (AvgIpc) is 2.59. The molecular formula is C17H16N2O5. The van der Waals surface area contributed by atoms with Crippen LogP contribution in [0.1, 0.15) is 5.56 Å². The van der Waals surface area contributed by atoms with Gasteiger partial charge < -0.3 is 14.8 Å². The minimum atomic E-state index is -0.523. The third-order valence-electron chi connectivity index (χ3n) is 3.19. The van der Waals surface area contributed by atoms with Crippen molar-refractivity contribution < 1.29 is 19.2 Å². The number of hydrogen-bond acceptors (Lipinski definition) is 5. The lowest BCUT2D eigenvalue weighted by atomic mass is 10.1. The fourth-order valence-corrected chi connectivity index (χ4v) is 2.08. The number of nitro groups is 1. The molecule has 0 spiro atoms. The van der Waals surface area contributed by atoms with Crippen molar-refractivity contribution in [3.05, 3.63) is 64.2 Å². The van der Waals surface area contributed by atoms with Crippen LogP contribution in [0.3, 0.4) is 0 Å². The molecule has 0 saturated heterocycles. The lowest BCUT2D eigenvalue weighted by molar-refractivity contribution is -0.384. The van der Waals surface area contributed by atoms with Gasteiger partial charge in [-0.15, -0.1) is 0 Å². The van der Waals surface area contributed by atoms with Crippen LogP contribution in [0.4, 0.5) is 11.4 Å². The number of carbonyl (C=O) groups is 1. The molecule has 0 heterocycles. The smallest absolute Gasteiger partial charge is 0.271 e. The molecule has 7 heteroatoms. The molecular weight excluding hydrogens is 312 g/mol. The van der Waals surface area contributed by atoms with Crippen LogP contribution in [0.2, 0.25) is 0 Å². The summed E-state index contributed by atoms with van der Waals surface area (Å²) in [4.78, 5) is 22.2. The number of non-ortho nitro benzene ring substituents is 1. The summed E-state index contributed by atoms with van der Waals surface area (Å²) in [5.74, 6) is 0.700. The number of nitrogens with one attached hydrogen (secondary N) is 1. The van der Waals surface area contributed by atoms with Gasteiger partial charge in [0.05, 0.1) is 24.7 Å². The first-order chi connectivity index (χ1) is 11.5. The van der Waals surface area contributed by atoms with Crippen LogP contribution < -0.4 is 14.8 Å². The van der Waals surface area contributed by atoms with Crippen molar-refractivity contribution in [2.24, 2.45) is 0 Å². The van der Waals surface area contributed by atoms with E-state index in [1.807, 2.05) is 0 Å². The van der Waals surface area contributed by atoms with Crippen molar-refractivity contribution >= 4 is 23.4 Å². The number of nitrogens with zero attached hydrogens (tertiary/aromatic N) is 1. The Bertz CT molecular complexity index is 764. The lowest BCUT2D eigenvalue weighted by Gasteiger charge is -2.09. The fraction of sp³-hybridized carbons (Fsp3) is 0.118. The second-order valence-electron chi connectivity index (χ2n) is 4.71. The highest BCUT2D eigenvalue weighted by atomic mass is 16.6. The molecule has 2 rings (SSSR count). The zero-order chi connectivity index (χ0) is 17.5. The van der Waals surface area contributed by atoms with Gasteiger partial charge in [0.25, 0.3) is 5.69 Å². The molecule has 0 aliphatic rings. The predicted molar refractivity (Wildman–Crippen MR) is 90.3 cm³/mol. The second kappa shape index (κ2) is 7.77. The van der Waals surface area contributed by atoms with Gasteiger partial charge in [0.1, 0.15) is 11.5 Å². The number of methoxy groups -OCH3 is 2. The first-order valence-corrected chi connectivity index (χ1v) is 6.99. The SMILES string of the molecule is COc1cccc(OC)c1/C=C/C(=O)Nc1cccc([N+](=O)[O-])c1. The molecule has 0 bridgehead atoms. The van der Waals surface area contributed by atoms with Crippen molar-refractivity contribution in [3.63, 3.8) is 0 Å². The van der Waals surface area contributed by atoms with Gasteiger partial charge in [0.2, 0.25) is 5.91 Å². The quantitative estimate of drug-likeness (QED) is 0.499. The van der Waals surface area contributed by atoms with Crippen molar-refractivity contribution in [2.45, 2.75) is 0 Å². The molecule has 0 unspecified atom stereocenters. The monoisotopic (exact) mass is 328 g/mol. The topological polar surface area (TPSA) is 90.7 Å². The highest BCUT2D eigenvalue weighted by Crippen LogP contribution is 2.29. The molecule has 0 radical (unpaired) electrons. The minimum absolute atomic E-state index is 0.0943. The third kappa shape index (κ3) is 4.10. The maximum atomic E-state index is 12.0. The maximum absolute atomic E-state index is 12.0. The highest BCUT2D eigenvalue weighted by molar-refractivity contribution is 6.02. The summed E-state index contributed by atoms with van der Waals surface area (Å²) in [7, 11) is 3.05. The van der Waals surface area contributed by atoms with E-state index in [4.69, 9.17) is 9.47 Å². The predicted octanol–water partition coefficient (Wildman–Crippen LogP) is 3.26. The fourth-order valence-electron chi connectivity index (χ4n) is 2.08. The Kier molecular flexibility index (Phi) is 5.51. The van der Waals surface area contributed by atoms with E-state index in [-0.39, 0.29) is 5.69 Å². The number of benzene rings is 2. The summed E-state index contributed by atoms with van der Waals surface area (Å²) >= 11 is 0. The Labute approximate surface area is 138 Å². The van der Waals surface area contributed by atoms with E-state index in [1.54, 1.807) is 30.3 Å². The van der Waals surface area contributed by atoms with E-state index >= 15 is 0 Å². The Morgan fingerprint density at radius 3 is 2.33 bits per heavy atom. The maximum Gasteiger partial charge on any atom is 0.271 e. The van der Waals surface area contributed by atoms with Crippen molar-refractivity contribution in [1.29, 1.82) is 0 Å². The minimum Gasteiger partial charge on any atom is -0.496 e. The summed E-state index contributed by atoms with van der Waals surface area (Å²) in [5, 5.41) is 13.3. The molecule has 7 nitrogen and oxygen atoms in total. The lowest BCUT2D eigenvalue weighted by Crippen LogP contribution is -2.08. The number of amides is 1. The van der Waals surface area contributed by atoms with Crippen molar-refractivity contribution in [2.75, 3.05) is 19.5 Å². The molecule has 124 valence electrons. The van der Waals surface area contributed by atoms with E-state index in [0.717, 1.165) is 0 Å². The van der Waals surface area contributed by atoms with Crippen LogP contribution in [0, 0.1) is 10.1 Å². The van der Waals surface area contributed by atoms with Crippen LogP contribution >= 0.6 is 0 Å². The highest BCUT2D eigenvalue weighted by Gasteiger charge is 2.09. The third-order valence-corrected chi connectivity index (χ3v) is 3.19. The molecule has 2 aromatic rings. The number of rotatable bonds is 6. The standard InChI is InChI=1S/C17H16N2O5/c1-23-15-7-4-8-16(24-2)14(15)9-10-17(20)18-12-5-3-6-13(11-12)19(21)22/h3-11H,1-2H3,(H,18,20)/b10-9+. The Morgan fingerprint density at radius 2 is 1.75 bits per heavy atom. The zero-order valence-corrected chi connectivity index (χ0v) is 13.2. The van der Waals surface area contributed by atoms with E-state index in [9.17, 15) is 14.9 Å². The van der Waals surface area contributed by atoms with Gasteiger partial charge in [-0.05, 0) is 24.3 Å². The molecule has 1 N–H and O–H groups in total. The van der Waals surface area contributed by atoms with Gasteiger partial charge in [-0.2, -0.15) is 0 Å². The molecule has 0 aliphatic carbocycles. The number of ether oxygens (including phenoxy) is 2. The van der Waals surface area contributed by atoms with E-state index < -0.39 is 10.8 Å².